The minimum absolute atomic E-state index is 0. The number of halogens is 1. The Bertz CT molecular complexity index is 562. The number of benzene rings is 1. The van der Waals surface area contributed by atoms with Crippen molar-refractivity contribution in [2.45, 2.75) is 44.4 Å². The van der Waals surface area contributed by atoms with Crippen molar-refractivity contribution in [3.8, 4) is 5.75 Å². The van der Waals surface area contributed by atoms with Gasteiger partial charge < -0.3 is 19.9 Å². The number of aliphatic imine (C=N–C) groups is 1. The lowest BCUT2D eigenvalue weighted by molar-refractivity contribution is 0.389. The maximum Gasteiger partial charge on any atom is 0.193 e. The number of hydrogen-bond donors (Lipinski definition) is 1. The van der Waals surface area contributed by atoms with Crippen LogP contribution in [-0.4, -0.2) is 70.2 Å². The summed E-state index contributed by atoms with van der Waals surface area (Å²) in [5.74, 6) is 2.55. The molecule has 0 saturated carbocycles. The summed E-state index contributed by atoms with van der Waals surface area (Å²) in [6, 6.07) is 8.51. The maximum absolute atomic E-state index is 5.26. The Hall–Kier alpha value is -1.02. The Labute approximate surface area is 188 Å². The fraction of sp³-hybridized carbons (Fsp3) is 0.682. The van der Waals surface area contributed by atoms with E-state index in [-0.39, 0.29) is 24.0 Å². The molecule has 1 saturated heterocycles. The van der Waals surface area contributed by atoms with Crippen molar-refractivity contribution in [3.05, 3.63) is 29.8 Å². The van der Waals surface area contributed by atoms with Crippen molar-refractivity contribution >= 4 is 29.9 Å². The summed E-state index contributed by atoms with van der Waals surface area (Å²) >= 11 is 0. The lowest BCUT2D eigenvalue weighted by Gasteiger charge is -2.22. The van der Waals surface area contributed by atoms with Crippen LogP contribution in [0.5, 0.6) is 5.75 Å². The van der Waals surface area contributed by atoms with Gasteiger partial charge in [-0.15, -0.1) is 24.0 Å². The van der Waals surface area contributed by atoms with Crippen molar-refractivity contribution in [1.82, 2.24) is 15.1 Å². The molecule has 1 heterocycles. The van der Waals surface area contributed by atoms with Crippen LogP contribution >= 0.6 is 24.0 Å². The Balaban J connectivity index is 0.00000392. The van der Waals surface area contributed by atoms with E-state index in [1.165, 1.54) is 50.6 Å². The van der Waals surface area contributed by atoms with Crippen LogP contribution in [0.1, 0.15) is 50.0 Å². The van der Waals surface area contributed by atoms with E-state index in [2.05, 4.69) is 58.5 Å². The number of unbranched alkanes of at least 4 members (excludes halogenated alkanes) is 4. The van der Waals surface area contributed by atoms with Gasteiger partial charge in [-0.05, 0) is 57.6 Å². The predicted molar refractivity (Wildman–Crippen MR) is 130 cm³/mol. The minimum Gasteiger partial charge on any atom is -0.497 e. The largest absolute Gasteiger partial charge is 0.497 e. The van der Waals surface area contributed by atoms with Crippen molar-refractivity contribution in [2.75, 3.05) is 54.4 Å². The van der Waals surface area contributed by atoms with Gasteiger partial charge in [-0.2, -0.15) is 0 Å². The Morgan fingerprint density at radius 3 is 2.46 bits per heavy atom. The molecule has 1 aromatic carbocycles. The van der Waals surface area contributed by atoms with E-state index in [9.17, 15) is 0 Å². The first kappa shape index (κ1) is 25.0. The fourth-order valence-electron chi connectivity index (χ4n) is 3.72. The third kappa shape index (κ3) is 8.55. The topological polar surface area (TPSA) is 40.1 Å². The Morgan fingerprint density at radius 1 is 1.14 bits per heavy atom. The van der Waals surface area contributed by atoms with Gasteiger partial charge in [0.15, 0.2) is 5.96 Å². The number of methoxy groups -OCH3 is 1. The summed E-state index contributed by atoms with van der Waals surface area (Å²) in [5, 5.41) is 3.56. The second-order valence-electron chi connectivity index (χ2n) is 7.75. The van der Waals surface area contributed by atoms with E-state index in [1.54, 1.807) is 7.11 Å². The predicted octanol–water partition coefficient (Wildman–Crippen LogP) is 4.19. The third-order valence-corrected chi connectivity index (χ3v) is 5.35. The molecule has 160 valence electrons. The third-order valence-electron chi connectivity index (χ3n) is 5.35. The summed E-state index contributed by atoms with van der Waals surface area (Å²) < 4.78 is 5.26. The summed E-state index contributed by atoms with van der Waals surface area (Å²) in [6.07, 6.45) is 7.67. The van der Waals surface area contributed by atoms with Crippen LogP contribution in [0.15, 0.2) is 29.3 Å². The van der Waals surface area contributed by atoms with Gasteiger partial charge in [0, 0.05) is 32.6 Å². The van der Waals surface area contributed by atoms with Gasteiger partial charge in [0.1, 0.15) is 5.75 Å². The summed E-state index contributed by atoms with van der Waals surface area (Å²) in [5.41, 5.74) is 1.39. The van der Waals surface area contributed by atoms with Crippen LogP contribution in [0.2, 0.25) is 0 Å². The molecule has 1 atom stereocenters. The van der Waals surface area contributed by atoms with Gasteiger partial charge in [-0.25, -0.2) is 0 Å². The van der Waals surface area contributed by atoms with E-state index in [4.69, 9.17) is 4.74 Å². The SMILES string of the molecule is CN=C(NCCCCCCCN(C)C)N1CCC(c2ccc(OC)cc2)C1.I. The number of rotatable bonds is 10. The lowest BCUT2D eigenvalue weighted by atomic mass is 9.98. The van der Waals surface area contributed by atoms with Crippen LogP contribution in [0.25, 0.3) is 0 Å². The molecule has 2 rings (SSSR count). The normalized spacial score (nSPS) is 17.0. The second kappa shape index (κ2) is 14.0. The van der Waals surface area contributed by atoms with Gasteiger partial charge in [0.2, 0.25) is 0 Å². The molecule has 28 heavy (non-hydrogen) atoms. The number of nitrogens with one attached hydrogen (secondary N) is 1. The molecule has 1 N–H and O–H groups in total. The minimum atomic E-state index is 0. The van der Waals surface area contributed by atoms with Crippen molar-refractivity contribution in [3.63, 3.8) is 0 Å². The van der Waals surface area contributed by atoms with Crippen LogP contribution in [-0.2, 0) is 0 Å². The first-order chi connectivity index (χ1) is 13.1. The zero-order valence-corrected chi connectivity index (χ0v) is 20.4. The zero-order valence-electron chi connectivity index (χ0n) is 18.1. The van der Waals surface area contributed by atoms with Gasteiger partial charge in [0.25, 0.3) is 0 Å². The second-order valence-corrected chi connectivity index (χ2v) is 7.75. The highest BCUT2D eigenvalue weighted by Crippen LogP contribution is 2.28. The van der Waals surface area contributed by atoms with E-state index in [0.717, 1.165) is 31.3 Å². The van der Waals surface area contributed by atoms with E-state index in [0.29, 0.717) is 5.92 Å². The quantitative estimate of drug-likeness (QED) is 0.226. The maximum atomic E-state index is 5.26. The van der Waals surface area contributed by atoms with Crippen molar-refractivity contribution in [1.29, 1.82) is 0 Å². The number of nitrogens with zero attached hydrogens (tertiary/aromatic N) is 3. The molecule has 1 fully saturated rings. The summed E-state index contributed by atoms with van der Waals surface area (Å²) in [4.78, 5) is 9.16. The van der Waals surface area contributed by atoms with Crippen LogP contribution in [0, 0.1) is 0 Å². The monoisotopic (exact) mass is 502 g/mol. The molecule has 0 aromatic heterocycles. The average molecular weight is 502 g/mol. The molecule has 0 bridgehead atoms. The van der Waals surface area contributed by atoms with Crippen LogP contribution in [0.4, 0.5) is 0 Å². The van der Waals surface area contributed by atoms with Crippen molar-refractivity contribution < 1.29 is 4.74 Å². The van der Waals surface area contributed by atoms with Crippen LogP contribution in [0.3, 0.4) is 0 Å². The molecule has 1 aliphatic heterocycles. The molecule has 0 amide bonds. The first-order valence-corrected chi connectivity index (χ1v) is 10.4. The Kier molecular flexibility index (Phi) is 12.5. The number of likely N-dealkylation sites (tertiary alicyclic amines) is 1. The summed E-state index contributed by atoms with van der Waals surface area (Å²) in [7, 11) is 7.90. The highest BCUT2D eigenvalue weighted by atomic mass is 127. The highest BCUT2D eigenvalue weighted by molar-refractivity contribution is 14.0. The molecule has 6 heteroatoms. The van der Waals surface area contributed by atoms with E-state index < -0.39 is 0 Å². The Morgan fingerprint density at radius 2 is 1.82 bits per heavy atom. The van der Waals surface area contributed by atoms with E-state index in [1.807, 2.05) is 7.05 Å². The molecule has 0 spiro atoms. The van der Waals surface area contributed by atoms with Crippen LogP contribution < -0.4 is 10.1 Å². The molecule has 0 aliphatic carbocycles. The van der Waals surface area contributed by atoms with Crippen molar-refractivity contribution in [2.24, 2.45) is 4.99 Å². The number of guanidine groups is 1. The molecular formula is C22H39IN4O. The molecule has 5 nitrogen and oxygen atoms in total. The molecule has 1 aromatic rings. The van der Waals surface area contributed by atoms with Gasteiger partial charge in [0.05, 0.1) is 7.11 Å². The molecule has 1 aliphatic rings. The summed E-state index contributed by atoms with van der Waals surface area (Å²) in [6.45, 7) is 4.33. The number of ether oxygens (including phenoxy) is 1. The standard InChI is InChI=1S/C22H38N4O.HI/c1-23-22(24-15-8-6-5-7-9-16-25(2)3)26-17-14-20(18-26)19-10-12-21(27-4)13-11-19;/h10-13,20H,5-9,14-18H2,1-4H3,(H,23,24);1H. The highest BCUT2D eigenvalue weighted by Gasteiger charge is 2.25. The molecular weight excluding hydrogens is 463 g/mol. The zero-order chi connectivity index (χ0) is 19.5. The first-order valence-electron chi connectivity index (χ1n) is 10.4. The molecule has 1 unspecified atom stereocenters. The smallest absolute Gasteiger partial charge is 0.193 e. The van der Waals surface area contributed by atoms with Gasteiger partial charge in [-0.3, -0.25) is 4.99 Å². The van der Waals surface area contributed by atoms with Gasteiger partial charge in [-0.1, -0.05) is 31.4 Å². The number of hydrogen-bond acceptors (Lipinski definition) is 3. The fourth-order valence-corrected chi connectivity index (χ4v) is 3.72. The van der Waals surface area contributed by atoms with E-state index >= 15 is 0 Å². The molecule has 0 radical (unpaired) electrons. The lowest BCUT2D eigenvalue weighted by Crippen LogP contribution is -2.40. The van der Waals surface area contributed by atoms with Gasteiger partial charge >= 0.3 is 0 Å². The average Bonchev–Trinajstić information content (AvgIpc) is 3.16.